The average molecular weight is 442 g/mol. The molecule has 0 heterocycles. The molecule has 1 aromatic rings. The molecule has 0 radical (unpaired) electrons. The van der Waals surface area contributed by atoms with Crippen LogP contribution in [0.5, 0.6) is 0 Å². The van der Waals surface area contributed by atoms with Crippen molar-refractivity contribution in [1.29, 1.82) is 0 Å². The number of hydrogen-bond acceptors (Lipinski definition) is 4. The van der Waals surface area contributed by atoms with Crippen LogP contribution in [0.1, 0.15) is 59.4 Å². The molecular formula is C27H39NO4. The standard InChI is InChI=1S/C27H39NO4/c1-16(2)22-14-23(28-24(30)15-29)19(5)21-12-11-17(3)26(21)27(22)32-25(31)13-18(4)20-9-7-6-8-10-20/h6-10,13,16-17,19,21-23,26-27,29H,11-12,14-15H2,1-5H3,(H,28,30)/b18-13+/t17-,19?,21+,22?,23-,26-,27-/m1/s1. The van der Waals surface area contributed by atoms with Gasteiger partial charge >= 0.3 is 5.97 Å². The van der Waals surface area contributed by atoms with E-state index in [0.717, 1.165) is 30.4 Å². The second kappa shape index (κ2) is 10.7. The van der Waals surface area contributed by atoms with E-state index >= 15 is 0 Å². The highest BCUT2D eigenvalue weighted by Gasteiger charge is 2.51. The largest absolute Gasteiger partial charge is 0.459 e. The highest BCUT2D eigenvalue weighted by Crippen LogP contribution is 2.51. The molecule has 2 N–H and O–H groups in total. The van der Waals surface area contributed by atoms with Crippen molar-refractivity contribution in [2.45, 2.75) is 66.0 Å². The quantitative estimate of drug-likeness (QED) is 0.505. The lowest BCUT2D eigenvalue weighted by Crippen LogP contribution is -2.43. The molecule has 0 aromatic heterocycles. The lowest BCUT2D eigenvalue weighted by Gasteiger charge is -2.36. The van der Waals surface area contributed by atoms with Crippen molar-refractivity contribution in [1.82, 2.24) is 5.32 Å². The Morgan fingerprint density at radius 3 is 2.50 bits per heavy atom. The molecule has 1 amide bonds. The topological polar surface area (TPSA) is 75.6 Å². The summed E-state index contributed by atoms with van der Waals surface area (Å²) in [6, 6.07) is 9.85. The number of nitrogens with one attached hydrogen (secondary N) is 1. The van der Waals surface area contributed by atoms with Gasteiger partial charge in [-0.1, -0.05) is 64.4 Å². The maximum absolute atomic E-state index is 13.1. The highest BCUT2D eigenvalue weighted by molar-refractivity contribution is 5.91. The van der Waals surface area contributed by atoms with Crippen LogP contribution in [0.2, 0.25) is 0 Å². The van der Waals surface area contributed by atoms with E-state index in [1.807, 2.05) is 37.3 Å². The third-order valence-electron chi connectivity index (χ3n) is 7.91. The lowest BCUT2D eigenvalue weighted by atomic mass is 9.76. The lowest BCUT2D eigenvalue weighted by molar-refractivity contribution is -0.152. The van der Waals surface area contributed by atoms with Gasteiger partial charge in [-0.3, -0.25) is 4.79 Å². The van der Waals surface area contributed by atoms with Gasteiger partial charge in [0.2, 0.25) is 5.91 Å². The van der Waals surface area contributed by atoms with Crippen molar-refractivity contribution < 1.29 is 19.4 Å². The second-order valence-electron chi connectivity index (χ2n) is 10.2. The number of carbonyl (C=O) groups excluding carboxylic acids is 2. The van der Waals surface area contributed by atoms with Gasteiger partial charge in [0, 0.05) is 24.0 Å². The molecule has 2 unspecified atom stereocenters. The van der Waals surface area contributed by atoms with Crippen molar-refractivity contribution in [3.05, 3.63) is 42.0 Å². The van der Waals surface area contributed by atoms with Crippen molar-refractivity contribution in [2.75, 3.05) is 6.61 Å². The monoisotopic (exact) mass is 441 g/mol. The number of esters is 1. The zero-order chi connectivity index (χ0) is 23.4. The maximum Gasteiger partial charge on any atom is 0.331 e. The molecule has 2 saturated carbocycles. The van der Waals surface area contributed by atoms with Gasteiger partial charge in [-0.25, -0.2) is 4.79 Å². The third-order valence-corrected chi connectivity index (χ3v) is 7.91. The number of aliphatic hydroxyl groups excluding tert-OH is 1. The number of hydrogen-bond donors (Lipinski definition) is 2. The van der Waals surface area contributed by atoms with Crippen molar-refractivity contribution >= 4 is 17.4 Å². The molecule has 0 spiro atoms. The van der Waals surface area contributed by atoms with E-state index in [0.29, 0.717) is 17.8 Å². The number of rotatable bonds is 6. The number of ether oxygens (including phenoxy) is 1. The molecule has 0 aliphatic heterocycles. The summed E-state index contributed by atoms with van der Waals surface area (Å²) >= 11 is 0. The zero-order valence-corrected chi connectivity index (χ0v) is 20.1. The van der Waals surface area contributed by atoms with Gasteiger partial charge in [0.25, 0.3) is 0 Å². The summed E-state index contributed by atoms with van der Waals surface area (Å²) in [7, 11) is 0. The summed E-state index contributed by atoms with van der Waals surface area (Å²) in [6.07, 6.45) is 4.38. The Morgan fingerprint density at radius 2 is 1.88 bits per heavy atom. The Kier molecular flexibility index (Phi) is 8.16. The summed E-state index contributed by atoms with van der Waals surface area (Å²) in [5, 5.41) is 12.3. The molecule has 5 heteroatoms. The van der Waals surface area contributed by atoms with Crippen LogP contribution in [-0.4, -0.2) is 35.7 Å². The van der Waals surface area contributed by atoms with Crippen LogP contribution in [0, 0.1) is 35.5 Å². The molecule has 2 aliphatic carbocycles. The average Bonchev–Trinajstić information content (AvgIpc) is 3.10. The molecule has 7 atom stereocenters. The first-order valence-corrected chi connectivity index (χ1v) is 12.1. The van der Waals surface area contributed by atoms with Crippen LogP contribution in [0.4, 0.5) is 0 Å². The SMILES string of the molecule is C/C(=C\C(=O)O[C@@H]1C(C(C)C)C[C@@H](NC(=O)CO)C(C)[C@@H]2CC[C@@H](C)[C@@H]12)c1ccccc1. The molecule has 3 rings (SSSR count). The van der Waals surface area contributed by atoms with E-state index < -0.39 is 6.61 Å². The Balaban J connectivity index is 1.89. The number of aliphatic hydroxyl groups is 1. The second-order valence-corrected chi connectivity index (χ2v) is 10.2. The van der Waals surface area contributed by atoms with Crippen LogP contribution >= 0.6 is 0 Å². The van der Waals surface area contributed by atoms with Crippen LogP contribution in [-0.2, 0) is 14.3 Å². The fraction of sp³-hybridized carbons (Fsp3) is 0.630. The van der Waals surface area contributed by atoms with Crippen LogP contribution in [0.3, 0.4) is 0 Å². The normalized spacial score (nSPS) is 32.8. The molecule has 1 aromatic carbocycles. The van der Waals surface area contributed by atoms with Gasteiger partial charge in [-0.2, -0.15) is 0 Å². The Bertz CT molecular complexity index is 818. The summed E-state index contributed by atoms with van der Waals surface area (Å²) in [5.74, 6) is 1.23. The first-order chi connectivity index (χ1) is 15.2. The highest BCUT2D eigenvalue weighted by atomic mass is 16.5. The molecule has 0 bridgehead atoms. The van der Waals surface area contributed by atoms with E-state index in [-0.39, 0.29) is 41.8 Å². The van der Waals surface area contributed by atoms with Crippen molar-refractivity contribution in [3.8, 4) is 0 Å². The number of amides is 1. The molecule has 32 heavy (non-hydrogen) atoms. The van der Waals surface area contributed by atoms with Gasteiger partial charge in [0.1, 0.15) is 12.7 Å². The van der Waals surface area contributed by atoms with E-state index in [1.54, 1.807) is 6.08 Å². The molecule has 0 saturated heterocycles. The van der Waals surface area contributed by atoms with Crippen LogP contribution in [0.25, 0.3) is 5.57 Å². The van der Waals surface area contributed by atoms with Crippen molar-refractivity contribution in [3.63, 3.8) is 0 Å². The Labute approximate surface area is 192 Å². The number of fused-ring (bicyclic) bond motifs is 1. The molecular weight excluding hydrogens is 402 g/mol. The van der Waals surface area contributed by atoms with Gasteiger partial charge in [-0.15, -0.1) is 0 Å². The minimum atomic E-state index is -0.498. The van der Waals surface area contributed by atoms with Gasteiger partial charge in [-0.05, 0) is 54.6 Å². The van der Waals surface area contributed by atoms with Gasteiger partial charge in [0.05, 0.1) is 0 Å². The fourth-order valence-corrected chi connectivity index (χ4v) is 6.06. The Hall–Kier alpha value is -2.14. The van der Waals surface area contributed by atoms with Crippen LogP contribution in [0.15, 0.2) is 36.4 Å². The molecule has 2 fully saturated rings. The fourth-order valence-electron chi connectivity index (χ4n) is 6.06. The smallest absolute Gasteiger partial charge is 0.331 e. The summed E-state index contributed by atoms with van der Waals surface area (Å²) in [4.78, 5) is 25.1. The van der Waals surface area contributed by atoms with Crippen LogP contribution < -0.4 is 5.32 Å². The number of benzene rings is 1. The molecule has 2 aliphatic rings. The minimum Gasteiger partial charge on any atom is -0.459 e. The number of carbonyl (C=O) groups is 2. The van der Waals surface area contributed by atoms with E-state index in [9.17, 15) is 14.7 Å². The third kappa shape index (κ3) is 5.43. The molecule has 5 nitrogen and oxygen atoms in total. The summed E-state index contributed by atoms with van der Waals surface area (Å²) < 4.78 is 6.27. The van der Waals surface area contributed by atoms with Gasteiger partial charge < -0.3 is 15.2 Å². The van der Waals surface area contributed by atoms with Gasteiger partial charge in [0.15, 0.2) is 0 Å². The van der Waals surface area contributed by atoms with E-state index in [2.05, 4.69) is 33.0 Å². The maximum atomic E-state index is 13.1. The van der Waals surface area contributed by atoms with Crippen molar-refractivity contribution in [2.24, 2.45) is 35.5 Å². The Morgan fingerprint density at radius 1 is 1.19 bits per heavy atom. The first kappa shape index (κ1) is 24.5. The predicted molar refractivity (Wildman–Crippen MR) is 126 cm³/mol. The molecule has 176 valence electrons. The predicted octanol–water partition coefficient (Wildman–Crippen LogP) is 4.45. The first-order valence-electron chi connectivity index (χ1n) is 12.1. The van der Waals surface area contributed by atoms with E-state index in [1.165, 1.54) is 0 Å². The minimum absolute atomic E-state index is 0.0230. The summed E-state index contributed by atoms with van der Waals surface area (Å²) in [6.45, 7) is 10.3. The summed E-state index contributed by atoms with van der Waals surface area (Å²) in [5.41, 5.74) is 1.90. The zero-order valence-electron chi connectivity index (χ0n) is 20.1. The number of allylic oxidation sites excluding steroid dienone is 1. The van der Waals surface area contributed by atoms with E-state index in [4.69, 9.17) is 4.74 Å².